The van der Waals surface area contributed by atoms with Gasteiger partial charge in [0.15, 0.2) is 0 Å². The highest BCUT2D eigenvalue weighted by molar-refractivity contribution is 7.86. The molecule has 0 bridgehead atoms. The lowest BCUT2D eigenvalue weighted by Crippen LogP contribution is -2.26. The maximum absolute atomic E-state index is 10.2. The van der Waals surface area contributed by atoms with Crippen LogP contribution in [0, 0.1) is 0 Å². The zero-order chi connectivity index (χ0) is 8.20. The van der Waals surface area contributed by atoms with Crippen LogP contribution in [-0.2, 0) is 10.1 Å². The number of aliphatic imine (C=N–C) groups is 1. The molecule has 0 aromatic rings. The third-order valence-corrected chi connectivity index (χ3v) is 1.52. The largest absolute Gasteiger partial charge is 0.376 e. The summed E-state index contributed by atoms with van der Waals surface area (Å²) >= 11 is 0. The minimum absolute atomic E-state index is 0.238. The number of hydrogen-bond donors (Lipinski definition) is 2. The normalized spacial score (nSPS) is 13.3. The van der Waals surface area contributed by atoms with E-state index in [1.807, 2.05) is 0 Å². The van der Waals surface area contributed by atoms with Crippen LogP contribution in [-0.4, -0.2) is 38.7 Å². The van der Waals surface area contributed by atoms with Crippen molar-refractivity contribution in [1.82, 2.24) is 5.32 Å². The van der Waals surface area contributed by atoms with Gasteiger partial charge in [0.25, 0.3) is 10.1 Å². The van der Waals surface area contributed by atoms with Gasteiger partial charge in [-0.05, 0) is 0 Å². The van der Waals surface area contributed by atoms with E-state index in [4.69, 9.17) is 4.55 Å². The first-order valence-corrected chi connectivity index (χ1v) is 4.19. The SMILES string of the molecule is CN=C(CS(=O)(=O)O)NC. The first-order valence-electron chi connectivity index (χ1n) is 2.58. The van der Waals surface area contributed by atoms with Crippen LogP contribution in [0.1, 0.15) is 0 Å². The summed E-state index contributed by atoms with van der Waals surface area (Å²) in [6, 6.07) is 0. The number of nitrogens with zero attached hydrogens (tertiary/aromatic N) is 1. The Morgan fingerprint density at radius 1 is 1.70 bits per heavy atom. The molecule has 0 rings (SSSR count). The monoisotopic (exact) mass is 166 g/mol. The fraction of sp³-hybridized carbons (Fsp3) is 0.750. The lowest BCUT2D eigenvalue weighted by Gasteiger charge is -1.99. The molecule has 0 unspecified atom stereocenters. The smallest absolute Gasteiger partial charge is 0.272 e. The van der Waals surface area contributed by atoms with Gasteiger partial charge in [-0.25, -0.2) is 0 Å². The van der Waals surface area contributed by atoms with Crippen LogP contribution in [0.5, 0.6) is 0 Å². The fourth-order valence-corrected chi connectivity index (χ4v) is 1.04. The average Bonchev–Trinajstić information content (AvgIpc) is 1.81. The first-order chi connectivity index (χ1) is 4.49. The molecule has 0 aliphatic carbocycles. The van der Waals surface area contributed by atoms with Crippen LogP contribution in [0.4, 0.5) is 0 Å². The highest BCUT2D eigenvalue weighted by Crippen LogP contribution is 1.82. The molecule has 5 nitrogen and oxygen atoms in total. The second-order valence-electron chi connectivity index (χ2n) is 1.65. The van der Waals surface area contributed by atoms with Gasteiger partial charge in [0.1, 0.15) is 11.6 Å². The van der Waals surface area contributed by atoms with Crippen LogP contribution in [0.2, 0.25) is 0 Å². The van der Waals surface area contributed by atoms with E-state index < -0.39 is 15.9 Å². The Morgan fingerprint density at radius 2 is 2.20 bits per heavy atom. The maximum Gasteiger partial charge on any atom is 0.272 e. The van der Waals surface area contributed by atoms with Crippen molar-refractivity contribution in [3.8, 4) is 0 Å². The topological polar surface area (TPSA) is 78.8 Å². The third kappa shape index (κ3) is 4.28. The lowest BCUT2D eigenvalue weighted by atomic mass is 10.7. The molecule has 0 aliphatic rings. The van der Waals surface area contributed by atoms with Crippen LogP contribution < -0.4 is 5.32 Å². The summed E-state index contributed by atoms with van der Waals surface area (Å²) in [5.41, 5.74) is 0. The Morgan fingerprint density at radius 3 is 2.30 bits per heavy atom. The molecule has 0 fully saturated rings. The van der Waals surface area contributed by atoms with Crippen LogP contribution in [0.25, 0.3) is 0 Å². The Bertz CT molecular complexity index is 219. The van der Waals surface area contributed by atoms with E-state index in [1.54, 1.807) is 0 Å². The second-order valence-corrected chi connectivity index (χ2v) is 3.10. The fourth-order valence-electron chi connectivity index (χ4n) is 0.421. The molecule has 2 N–H and O–H groups in total. The molecule has 0 amide bonds. The predicted molar refractivity (Wildman–Crippen MR) is 38.8 cm³/mol. The zero-order valence-corrected chi connectivity index (χ0v) is 6.64. The molecule has 10 heavy (non-hydrogen) atoms. The maximum atomic E-state index is 10.2. The van der Waals surface area contributed by atoms with Crippen molar-refractivity contribution in [2.45, 2.75) is 0 Å². The first kappa shape index (κ1) is 9.38. The van der Waals surface area contributed by atoms with Crippen molar-refractivity contribution in [2.24, 2.45) is 4.99 Å². The van der Waals surface area contributed by atoms with E-state index in [1.165, 1.54) is 14.1 Å². The molecular weight excluding hydrogens is 156 g/mol. The van der Waals surface area contributed by atoms with E-state index in [0.29, 0.717) is 0 Å². The van der Waals surface area contributed by atoms with Gasteiger partial charge in [-0.2, -0.15) is 8.42 Å². The molecule has 0 radical (unpaired) electrons. The second kappa shape index (κ2) is 3.52. The summed E-state index contributed by atoms with van der Waals surface area (Å²) < 4.78 is 28.7. The van der Waals surface area contributed by atoms with Crippen LogP contribution in [0.15, 0.2) is 4.99 Å². The van der Waals surface area contributed by atoms with Crippen molar-refractivity contribution >= 4 is 16.0 Å². The Balaban J connectivity index is 4.16. The number of nitrogens with one attached hydrogen (secondary N) is 1. The van der Waals surface area contributed by atoms with E-state index in [2.05, 4.69) is 10.3 Å². The minimum atomic E-state index is -3.94. The lowest BCUT2D eigenvalue weighted by molar-refractivity contribution is 0.487. The van der Waals surface area contributed by atoms with Gasteiger partial charge in [-0.1, -0.05) is 0 Å². The van der Waals surface area contributed by atoms with Gasteiger partial charge in [0, 0.05) is 14.1 Å². The highest BCUT2D eigenvalue weighted by atomic mass is 32.2. The summed E-state index contributed by atoms with van der Waals surface area (Å²) in [7, 11) is -0.964. The molecule has 0 spiro atoms. The molecule has 0 saturated heterocycles. The van der Waals surface area contributed by atoms with E-state index in [-0.39, 0.29) is 5.84 Å². The molecule has 0 heterocycles. The Labute approximate surface area is 59.9 Å². The standard InChI is InChI=1S/C4H10N2O3S/c1-5-4(6-2)3-10(7,8)9/h3H2,1-2H3,(H,5,6)(H,7,8,9). The number of rotatable bonds is 2. The quantitative estimate of drug-likeness (QED) is 0.317. The summed E-state index contributed by atoms with van der Waals surface area (Å²) in [5.74, 6) is -0.220. The van der Waals surface area contributed by atoms with Gasteiger partial charge < -0.3 is 5.32 Å². The van der Waals surface area contributed by atoms with Crippen molar-refractivity contribution in [3.63, 3.8) is 0 Å². The van der Waals surface area contributed by atoms with E-state index in [0.717, 1.165) is 0 Å². The third-order valence-electron chi connectivity index (χ3n) is 0.878. The molecular formula is C4H10N2O3S. The molecule has 0 aromatic heterocycles. The van der Waals surface area contributed by atoms with Crippen LogP contribution in [0.3, 0.4) is 0 Å². The molecule has 0 aliphatic heterocycles. The summed E-state index contributed by atoms with van der Waals surface area (Å²) in [6.07, 6.45) is 0. The van der Waals surface area contributed by atoms with Crippen molar-refractivity contribution < 1.29 is 13.0 Å². The van der Waals surface area contributed by atoms with Gasteiger partial charge in [0.2, 0.25) is 0 Å². The molecule has 6 heteroatoms. The summed E-state index contributed by atoms with van der Waals surface area (Å²) in [5, 5.41) is 2.52. The predicted octanol–water partition coefficient (Wildman–Crippen LogP) is -0.878. The minimum Gasteiger partial charge on any atom is -0.376 e. The Hall–Kier alpha value is -0.620. The van der Waals surface area contributed by atoms with Crippen molar-refractivity contribution in [2.75, 3.05) is 19.8 Å². The van der Waals surface area contributed by atoms with Crippen molar-refractivity contribution in [1.29, 1.82) is 0 Å². The van der Waals surface area contributed by atoms with E-state index in [9.17, 15) is 8.42 Å². The van der Waals surface area contributed by atoms with Gasteiger partial charge in [-0.15, -0.1) is 0 Å². The molecule has 0 saturated carbocycles. The molecule has 0 aromatic carbocycles. The highest BCUT2D eigenvalue weighted by Gasteiger charge is 2.07. The molecule has 60 valence electrons. The summed E-state index contributed by atoms with van der Waals surface area (Å²) in [4.78, 5) is 3.56. The van der Waals surface area contributed by atoms with Crippen molar-refractivity contribution in [3.05, 3.63) is 0 Å². The number of hydrogen-bond acceptors (Lipinski definition) is 3. The average molecular weight is 166 g/mol. The number of amidine groups is 1. The van der Waals surface area contributed by atoms with Gasteiger partial charge in [0.05, 0.1) is 0 Å². The van der Waals surface area contributed by atoms with E-state index >= 15 is 0 Å². The summed E-state index contributed by atoms with van der Waals surface area (Å²) in [6.45, 7) is 0. The zero-order valence-electron chi connectivity index (χ0n) is 5.83. The molecule has 0 atom stereocenters. The van der Waals surface area contributed by atoms with Gasteiger partial charge >= 0.3 is 0 Å². The van der Waals surface area contributed by atoms with Gasteiger partial charge in [-0.3, -0.25) is 9.55 Å². The Kier molecular flexibility index (Phi) is 3.31. The van der Waals surface area contributed by atoms with Crippen LogP contribution >= 0.6 is 0 Å².